The minimum Gasteiger partial charge on any atom is -0.338 e. The van der Waals surface area contributed by atoms with Crippen LogP contribution in [-0.2, 0) is 6.42 Å². The van der Waals surface area contributed by atoms with Gasteiger partial charge in [0.15, 0.2) is 5.82 Å². The molecule has 0 amide bonds. The van der Waals surface area contributed by atoms with Crippen molar-refractivity contribution in [3.8, 4) is 5.95 Å². The molecule has 3 rings (SSSR count). The van der Waals surface area contributed by atoms with E-state index in [1.165, 1.54) is 16.4 Å². The van der Waals surface area contributed by atoms with Gasteiger partial charge in [-0.1, -0.05) is 23.8 Å². The number of hydrogen-bond donors (Lipinski definition) is 1. The second kappa shape index (κ2) is 6.03. The zero-order valence-electron chi connectivity index (χ0n) is 13.4. The summed E-state index contributed by atoms with van der Waals surface area (Å²) in [7, 11) is 0. The fourth-order valence-electron chi connectivity index (χ4n) is 2.11. The lowest BCUT2D eigenvalue weighted by atomic mass is 10.4. The predicted molar refractivity (Wildman–Crippen MR) is 84.7 cm³/mol. The monoisotopic (exact) mass is 334 g/mol. The van der Waals surface area contributed by atoms with Gasteiger partial charge in [-0.25, -0.2) is 9.36 Å². The summed E-state index contributed by atoms with van der Waals surface area (Å²) in [4.78, 5) is 4.32. The Balaban J connectivity index is 1.83. The lowest BCUT2D eigenvalue weighted by Gasteiger charge is -2.07. The standard InChI is InChI=1S/C13H18N8OS/c1-5-10-15-11(22-19-10)9(4)23-13-17-16-12(20(13)14)21-8(3)6-7(2)18-21/h6,9H,5,14H2,1-4H3. The minimum absolute atomic E-state index is 0.0809. The summed E-state index contributed by atoms with van der Waals surface area (Å²) < 4.78 is 8.33. The Morgan fingerprint density at radius 1 is 1.35 bits per heavy atom. The van der Waals surface area contributed by atoms with Crippen molar-refractivity contribution < 1.29 is 4.52 Å². The second-order valence-corrected chi connectivity index (χ2v) is 6.46. The van der Waals surface area contributed by atoms with Crippen LogP contribution in [0.25, 0.3) is 5.95 Å². The molecule has 0 spiro atoms. The minimum atomic E-state index is -0.0809. The first kappa shape index (κ1) is 15.5. The Morgan fingerprint density at radius 2 is 2.13 bits per heavy atom. The average molecular weight is 334 g/mol. The summed E-state index contributed by atoms with van der Waals surface area (Å²) >= 11 is 1.40. The van der Waals surface area contributed by atoms with Crippen LogP contribution in [0, 0.1) is 13.8 Å². The number of rotatable bonds is 5. The smallest absolute Gasteiger partial charge is 0.271 e. The van der Waals surface area contributed by atoms with E-state index < -0.39 is 0 Å². The number of nitrogen functional groups attached to an aromatic ring is 1. The van der Waals surface area contributed by atoms with Crippen molar-refractivity contribution in [3.05, 3.63) is 29.2 Å². The van der Waals surface area contributed by atoms with E-state index >= 15 is 0 Å². The maximum atomic E-state index is 6.11. The largest absolute Gasteiger partial charge is 0.338 e. The first-order valence-electron chi connectivity index (χ1n) is 7.22. The summed E-state index contributed by atoms with van der Waals surface area (Å²) in [5.74, 6) is 7.81. The molecule has 122 valence electrons. The third-order valence-corrected chi connectivity index (χ3v) is 4.32. The maximum Gasteiger partial charge on any atom is 0.271 e. The van der Waals surface area contributed by atoms with Gasteiger partial charge in [0.1, 0.15) is 0 Å². The van der Waals surface area contributed by atoms with E-state index in [9.17, 15) is 0 Å². The maximum absolute atomic E-state index is 6.11. The summed E-state index contributed by atoms with van der Waals surface area (Å²) in [5, 5.41) is 17.0. The quantitative estimate of drug-likeness (QED) is 0.553. The van der Waals surface area contributed by atoms with Gasteiger partial charge in [0.05, 0.1) is 10.9 Å². The van der Waals surface area contributed by atoms with Crippen molar-refractivity contribution in [2.75, 3.05) is 5.84 Å². The highest BCUT2D eigenvalue weighted by Gasteiger charge is 2.21. The van der Waals surface area contributed by atoms with Crippen LogP contribution >= 0.6 is 11.8 Å². The molecule has 0 aliphatic carbocycles. The molecular formula is C13H18N8OS. The molecular weight excluding hydrogens is 316 g/mol. The highest BCUT2D eigenvalue weighted by molar-refractivity contribution is 7.99. The van der Waals surface area contributed by atoms with Crippen LogP contribution < -0.4 is 5.84 Å². The first-order valence-corrected chi connectivity index (χ1v) is 8.10. The molecule has 0 fully saturated rings. The third-order valence-electron chi connectivity index (χ3n) is 3.28. The van der Waals surface area contributed by atoms with Crippen LogP contribution in [-0.4, -0.2) is 34.8 Å². The van der Waals surface area contributed by atoms with Gasteiger partial charge >= 0.3 is 0 Å². The van der Waals surface area contributed by atoms with E-state index in [1.807, 2.05) is 33.8 Å². The van der Waals surface area contributed by atoms with Crippen molar-refractivity contribution in [2.45, 2.75) is 44.5 Å². The number of nitrogens with zero attached hydrogens (tertiary/aromatic N) is 7. The van der Waals surface area contributed by atoms with Crippen molar-refractivity contribution >= 4 is 11.8 Å². The van der Waals surface area contributed by atoms with Crippen LogP contribution in [0.15, 0.2) is 15.7 Å². The molecule has 2 N–H and O–H groups in total. The van der Waals surface area contributed by atoms with E-state index in [2.05, 4.69) is 25.4 Å². The van der Waals surface area contributed by atoms with Gasteiger partial charge in [-0.15, -0.1) is 10.2 Å². The van der Waals surface area contributed by atoms with E-state index in [0.29, 0.717) is 22.8 Å². The fraction of sp³-hybridized carbons (Fsp3) is 0.462. The number of aryl methyl sites for hydroxylation is 3. The van der Waals surface area contributed by atoms with Crippen molar-refractivity contribution in [1.29, 1.82) is 0 Å². The van der Waals surface area contributed by atoms with Gasteiger partial charge in [-0.2, -0.15) is 10.1 Å². The SMILES string of the molecule is CCc1noc(C(C)Sc2nnc(-n3nc(C)cc3C)n2N)n1. The van der Waals surface area contributed by atoms with Crippen molar-refractivity contribution in [2.24, 2.45) is 0 Å². The van der Waals surface area contributed by atoms with Crippen molar-refractivity contribution in [1.82, 2.24) is 34.8 Å². The van der Waals surface area contributed by atoms with Crippen molar-refractivity contribution in [3.63, 3.8) is 0 Å². The molecule has 0 saturated carbocycles. The predicted octanol–water partition coefficient (Wildman–Crippen LogP) is 1.59. The Labute approximate surface area is 137 Å². The molecule has 0 aliphatic heterocycles. The van der Waals surface area contributed by atoms with Crippen LogP contribution in [0.2, 0.25) is 0 Å². The zero-order valence-corrected chi connectivity index (χ0v) is 14.2. The molecule has 3 aromatic heterocycles. The number of aromatic nitrogens is 7. The molecule has 3 heterocycles. The lowest BCUT2D eigenvalue weighted by Crippen LogP contribution is -2.17. The molecule has 0 saturated heterocycles. The Kier molecular flexibility index (Phi) is 4.07. The van der Waals surface area contributed by atoms with E-state index in [4.69, 9.17) is 10.4 Å². The molecule has 1 atom stereocenters. The highest BCUT2D eigenvalue weighted by Crippen LogP contribution is 2.32. The molecule has 0 aliphatic rings. The lowest BCUT2D eigenvalue weighted by molar-refractivity contribution is 0.375. The van der Waals surface area contributed by atoms with Gasteiger partial charge in [0.2, 0.25) is 11.0 Å². The first-order chi connectivity index (χ1) is 11.0. The van der Waals surface area contributed by atoms with Crippen LogP contribution in [0.3, 0.4) is 0 Å². The number of hydrogen-bond acceptors (Lipinski definition) is 8. The van der Waals surface area contributed by atoms with Gasteiger partial charge < -0.3 is 10.4 Å². The van der Waals surface area contributed by atoms with Gasteiger partial charge in [0.25, 0.3) is 5.95 Å². The van der Waals surface area contributed by atoms with E-state index in [-0.39, 0.29) is 5.25 Å². The summed E-state index contributed by atoms with van der Waals surface area (Å²) in [6.45, 7) is 7.78. The molecule has 0 aromatic carbocycles. The zero-order chi connectivity index (χ0) is 16.6. The second-order valence-electron chi connectivity index (χ2n) is 5.15. The van der Waals surface area contributed by atoms with Gasteiger partial charge in [0, 0.05) is 12.1 Å². The summed E-state index contributed by atoms with van der Waals surface area (Å²) in [6, 6.07) is 1.95. The van der Waals surface area contributed by atoms with E-state index in [0.717, 1.165) is 17.8 Å². The average Bonchev–Trinajstić information content (AvgIpc) is 3.20. The van der Waals surface area contributed by atoms with Crippen LogP contribution in [0.1, 0.15) is 42.2 Å². The normalized spacial score (nSPS) is 12.7. The summed E-state index contributed by atoms with van der Waals surface area (Å²) in [6.07, 6.45) is 0.732. The highest BCUT2D eigenvalue weighted by atomic mass is 32.2. The van der Waals surface area contributed by atoms with E-state index in [1.54, 1.807) is 4.68 Å². The Bertz CT molecular complexity index is 820. The fourth-order valence-corrected chi connectivity index (χ4v) is 2.91. The molecule has 23 heavy (non-hydrogen) atoms. The van der Waals surface area contributed by atoms with Gasteiger partial charge in [-0.05, 0) is 26.8 Å². The van der Waals surface area contributed by atoms with Crippen LogP contribution in [0.5, 0.6) is 0 Å². The van der Waals surface area contributed by atoms with Gasteiger partial charge in [-0.3, -0.25) is 0 Å². The third kappa shape index (κ3) is 2.93. The molecule has 0 bridgehead atoms. The molecule has 3 aromatic rings. The number of thioether (sulfide) groups is 1. The molecule has 1 unspecified atom stereocenters. The molecule has 0 radical (unpaired) electrons. The van der Waals surface area contributed by atoms with Crippen LogP contribution in [0.4, 0.5) is 0 Å². The topological polar surface area (TPSA) is 113 Å². The summed E-state index contributed by atoms with van der Waals surface area (Å²) in [5.41, 5.74) is 1.83. The molecule has 10 heteroatoms. The molecule has 9 nitrogen and oxygen atoms in total. The Morgan fingerprint density at radius 3 is 2.74 bits per heavy atom. The Hall–Kier alpha value is -2.36. The number of nitrogens with two attached hydrogens (primary N) is 1.